The molecule has 202 valence electrons. The number of nitrogens with one attached hydrogen (secondary N) is 1. The van der Waals surface area contributed by atoms with Gasteiger partial charge < -0.3 is 14.6 Å². The van der Waals surface area contributed by atoms with Crippen molar-refractivity contribution in [2.45, 2.75) is 19.1 Å². The van der Waals surface area contributed by atoms with Crippen molar-refractivity contribution in [2.75, 3.05) is 11.9 Å². The van der Waals surface area contributed by atoms with Crippen LogP contribution in [-0.4, -0.2) is 26.9 Å². The molecule has 1 N–H and O–H groups in total. The van der Waals surface area contributed by atoms with Crippen LogP contribution in [0.4, 0.5) is 23.7 Å². The predicted molar refractivity (Wildman–Crippen MR) is 149 cm³/mol. The molecule has 0 aliphatic rings. The van der Waals surface area contributed by atoms with Crippen LogP contribution in [0.15, 0.2) is 101 Å². The summed E-state index contributed by atoms with van der Waals surface area (Å²) in [6, 6.07) is 21.9. The number of thiazole rings is 1. The summed E-state index contributed by atoms with van der Waals surface area (Å²) < 4.78 is 46.2. The van der Waals surface area contributed by atoms with Crippen molar-refractivity contribution in [3.8, 4) is 11.3 Å². The number of carbonyl (C=O) groups excluding carboxylic acids is 1. The molecule has 0 spiro atoms. The molecule has 3 aromatic carbocycles. The largest absolute Gasteiger partial charge is 0.467 e. The van der Waals surface area contributed by atoms with Crippen molar-refractivity contribution in [1.82, 2.24) is 14.3 Å². The monoisotopic (exact) mass is 560 g/mol. The van der Waals surface area contributed by atoms with E-state index in [1.54, 1.807) is 17.0 Å². The lowest BCUT2D eigenvalue weighted by Crippen LogP contribution is -2.36. The highest BCUT2D eigenvalue weighted by atomic mass is 32.1. The van der Waals surface area contributed by atoms with E-state index in [1.807, 2.05) is 28.1 Å². The van der Waals surface area contributed by atoms with Gasteiger partial charge in [0.25, 0.3) is 0 Å². The third-order valence-corrected chi connectivity index (χ3v) is 7.53. The molecule has 0 bridgehead atoms. The van der Waals surface area contributed by atoms with E-state index in [0.717, 1.165) is 39.4 Å². The Hall–Kier alpha value is -4.57. The number of hydrogen-bond acceptors (Lipinski definition) is 4. The van der Waals surface area contributed by atoms with Crippen molar-refractivity contribution < 1.29 is 22.4 Å². The molecule has 0 saturated carbocycles. The summed E-state index contributed by atoms with van der Waals surface area (Å²) in [4.78, 5) is 20.4. The Bertz CT molecular complexity index is 1770. The fraction of sp³-hybridized carbons (Fsp3) is 0.133. The van der Waals surface area contributed by atoms with Crippen molar-refractivity contribution in [2.24, 2.45) is 0 Å². The fourth-order valence-corrected chi connectivity index (χ4v) is 5.44. The van der Waals surface area contributed by atoms with Crippen LogP contribution in [0, 0.1) is 0 Å². The molecule has 10 heteroatoms. The zero-order valence-electron chi connectivity index (χ0n) is 21.1. The van der Waals surface area contributed by atoms with Gasteiger partial charge in [0.1, 0.15) is 5.76 Å². The third-order valence-electron chi connectivity index (χ3n) is 6.64. The van der Waals surface area contributed by atoms with Crippen LogP contribution >= 0.6 is 11.3 Å². The predicted octanol–water partition coefficient (Wildman–Crippen LogP) is 8.10. The molecule has 6 rings (SSSR count). The maximum atomic E-state index is 13.2. The van der Waals surface area contributed by atoms with Crippen LogP contribution < -0.4 is 5.32 Å². The summed E-state index contributed by atoms with van der Waals surface area (Å²) in [5.41, 5.74) is 2.38. The minimum atomic E-state index is -4.44. The molecule has 40 heavy (non-hydrogen) atoms. The van der Waals surface area contributed by atoms with Gasteiger partial charge in [0, 0.05) is 41.5 Å². The first kappa shape index (κ1) is 25.7. The van der Waals surface area contributed by atoms with Crippen LogP contribution in [0.25, 0.3) is 27.0 Å². The fourth-order valence-electron chi connectivity index (χ4n) is 4.53. The number of benzene rings is 3. The van der Waals surface area contributed by atoms with Gasteiger partial charge in [-0.1, -0.05) is 36.4 Å². The Labute approximate surface area is 231 Å². The number of rotatable bonds is 7. The lowest BCUT2D eigenvalue weighted by atomic mass is 10.1. The van der Waals surface area contributed by atoms with Gasteiger partial charge in [-0.05, 0) is 53.2 Å². The Kier molecular flexibility index (Phi) is 6.77. The summed E-state index contributed by atoms with van der Waals surface area (Å²) in [6.07, 6.45) is -0.371. The number of nitrogens with zero attached hydrogens (tertiary/aromatic N) is 3. The average Bonchev–Trinajstić information content (AvgIpc) is 3.69. The van der Waals surface area contributed by atoms with Crippen LogP contribution in [0.1, 0.15) is 17.0 Å². The zero-order valence-corrected chi connectivity index (χ0v) is 21.9. The average molecular weight is 561 g/mol. The molecule has 0 fully saturated rings. The molecule has 3 aromatic heterocycles. The second-order valence-electron chi connectivity index (χ2n) is 9.32. The molecule has 0 unspecified atom stereocenters. The first-order valence-electron chi connectivity index (χ1n) is 12.5. The molecular weight excluding hydrogens is 537 g/mol. The first-order valence-corrected chi connectivity index (χ1v) is 13.4. The summed E-state index contributed by atoms with van der Waals surface area (Å²) in [5.74, 6) is 0.597. The van der Waals surface area contributed by atoms with E-state index >= 15 is 0 Å². The minimum Gasteiger partial charge on any atom is -0.467 e. The number of fused-ring (bicyclic) bond motifs is 2. The summed E-state index contributed by atoms with van der Waals surface area (Å²) >= 11 is 1.53. The van der Waals surface area contributed by atoms with E-state index in [1.165, 1.54) is 35.1 Å². The molecule has 0 radical (unpaired) electrons. The summed E-state index contributed by atoms with van der Waals surface area (Å²) in [5, 5.41) is 7.03. The van der Waals surface area contributed by atoms with Gasteiger partial charge in [-0.3, -0.25) is 4.40 Å². The Morgan fingerprint density at radius 2 is 1.80 bits per heavy atom. The highest BCUT2D eigenvalue weighted by Crippen LogP contribution is 2.30. The van der Waals surface area contributed by atoms with E-state index in [0.29, 0.717) is 18.7 Å². The van der Waals surface area contributed by atoms with Crippen molar-refractivity contribution >= 4 is 38.8 Å². The van der Waals surface area contributed by atoms with Gasteiger partial charge in [-0.2, -0.15) is 13.2 Å². The summed E-state index contributed by atoms with van der Waals surface area (Å²) in [7, 11) is 0. The third kappa shape index (κ3) is 5.43. The minimum absolute atomic E-state index is 0.207. The maximum Gasteiger partial charge on any atom is 0.416 e. The van der Waals surface area contributed by atoms with Crippen LogP contribution in [-0.2, 0) is 19.1 Å². The van der Waals surface area contributed by atoms with E-state index in [4.69, 9.17) is 9.40 Å². The maximum absolute atomic E-state index is 13.2. The molecule has 2 amide bonds. The van der Waals surface area contributed by atoms with Gasteiger partial charge in [0.15, 0.2) is 4.96 Å². The highest BCUT2D eigenvalue weighted by molar-refractivity contribution is 7.15. The molecule has 0 saturated heterocycles. The van der Waals surface area contributed by atoms with Gasteiger partial charge >= 0.3 is 12.2 Å². The number of imidazole rings is 1. The zero-order chi connectivity index (χ0) is 27.7. The first-order chi connectivity index (χ1) is 19.3. The Morgan fingerprint density at radius 1 is 1.00 bits per heavy atom. The number of hydrogen-bond donors (Lipinski definition) is 1. The molecule has 0 atom stereocenters. The number of furan rings is 1. The van der Waals surface area contributed by atoms with E-state index in [9.17, 15) is 18.0 Å². The number of aromatic nitrogens is 2. The van der Waals surface area contributed by atoms with E-state index in [-0.39, 0.29) is 12.2 Å². The smallest absolute Gasteiger partial charge is 0.416 e. The van der Waals surface area contributed by atoms with E-state index in [2.05, 4.69) is 35.6 Å². The number of alkyl halides is 3. The molecule has 6 aromatic rings. The molecule has 6 nitrogen and oxygen atoms in total. The highest BCUT2D eigenvalue weighted by Gasteiger charge is 2.30. The van der Waals surface area contributed by atoms with Gasteiger partial charge in [0.2, 0.25) is 0 Å². The number of anilines is 1. The van der Waals surface area contributed by atoms with E-state index < -0.39 is 17.8 Å². The second-order valence-corrected chi connectivity index (χ2v) is 10.2. The lowest BCUT2D eigenvalue weighted by molar-refractivity contribution is -0.137. The quantitative estimate of drug-likeness (QED) is 0.215. The Balaban J connectivity index is 1.20. The van der Waals surface area contributed by atoms with Gasteiger partial charge in [-0.15, -0.1) is 11.3 Å². The molecular formula is C30H23F3N4O2S. The van der Waals surface area contributed by atoms with Crippen molar-refractivity contribution in [3.63, 3.8) is 0 Å². The van der Waals surface area contributed by atoms with Crippen molar-refractivity contribution in [3.05, 3.63) is 114 Å². The van der Waals surface area contributed by atoms with Crippen LogP contribution in [0.3, 0.4) is 0 Å². The number of amides is 2. The second kappa shape index (κ2) is 10.5. The lowest BCUT2D eigenvalue weighted by Gasteiger charge is -2.22. The van der Waals surface area contributed by atoms with Crippen molar-refractivity contribution in [1.29, 1.82) is 0 Å². The molecule has 0 aliphatic heterocycles. The number of urea groups is 1. The van der Waals surface area contributed by atoms with Crippen LogP contribution in [0.2, 0.25) is 0 Å². The normalized spacial score (nSPS) is 11.8. The molecule has 3 heterocycles. The van der Waals surface area contributed by atoms with Gasteiger partial charge in [0.05, 0.1) is 24.1 Å². The van der Waals surface area contributed by atoms with Crippen LogP contribution in [0.5, 0.6) is 0 Å². The topological polar surface area (TPSA) is 62.8 Å². The SMILES string of the molecule is O=C(Nc1ccc(C(F)(F)F)cc1)N(CCc1csc2nc(-c3ccc4ccccc4c3)cn12)Cc1ccco1. The standard InChI is InChI=1S/C30H23F3N4O2S/c31-30(32,33)23-9-11-24(12-10-23)34-28(38)36(17-26-6-3-15-39-26)14-13-25-19-40-29-35-27(18-37(25)29)22-8-7-20-4-1-2-5-21(20)16-22/h1-12,15-16,18-19H,13-14,17H2,(H,34,38). The Morgan fingerprint density at radius 3 is 2.55 bits per heavy atom. The number of halogens is 3. The summed E-state index contributed by atoms with van der Waals surface area (Å²) in [6.45, 7) is 0.557. The molecule has 0 aliphatic carbocycles. The number of carbonyl (C=O) groups is 1. The van der Waals surface area contributed by atoms with Gasteiger partial charge in [-0.25, -0.2) is 9.78 Å².